The van der Waals surface area contributed by atoms with Crippen LogP contribution in [0.25, 0.3) is 0 Å². The summed E-state index contributed by atoms with van der Waals surface area (Å²) in [5.74, 6) is 0. The van der Waals surface area contributed by atoms with Crippen LogP contribution in [-0.4, -0.2) is 41.1 Å². The molecule has 29 heavy (non-hydrogen) atoms. The van der Waals surface area contributed by atoms with Gasteiger partial charge in [-0.05, 0) is 0 Å². The summed E-state index contributed by atoms with van der Waals surface area (Å²) >= 11 is 0.246. The Hall–Kier alpha value is -1.68. The maximum atomic E-state index is 10.7. The quantitative estimate of drug-likeness (QED) is 0.513. The number of hydrogen-bond acceptors (Lipinski definition) is 2. The van der Waals surface area contributed by atoms with Gasteiger partial charge in [0, 0.05) is 0 Å². The third kappa shape index (κ3) is 5.27. The van der Waals surface area contributed by atoms with Gasteiger partial charge in [0.2, 0.25) is 0 Å². The van der Waals surface area contributed by atoms with Gasteiger partial charge in [-0.25, -0.2) is 0 Å². The first-order valence-electron chi connectivity index (χ1n) is 10.0. The number of hydrogen-bond donors (Lipinski definition) is 1. The first kappa shape index (κ1) is 22.0. The van der Waals surface area contributed by atoms with E-state index in [1.807, 2.05) is 18.2 Å². The van der Waals surface area contributed by atoms with E-state index in [0.29, 0.717) is 6.61 Å². The molecule has 0 aliphatic carbocycles. The van der Waals surface area contributed by atoms with Crippen LogP contribution in [0, 0.1) is 0 Å². The van der Waals surface area contributed by atoms with Crippen molar-refractivity contribution in [1.29, 1.82) is 0 Å². The number of benzene rings is 3. The summed E-state index contributed by atoms with van der Waals surface area (Å²) in [5.41, 5.74) is 0. The summed E-state index contributed by atoms with van der Waals surface area (Å²) in [4.78, 5) is 0. The molecule has 0 heterocycles. The fraction of sp³-hybridized carbons (Fsp3) is 0.280. The van der Waals surface area contributed by atoms with Crippen molar-refractivity contribution in [3.8, 4) is 0 Å². The molecule has 0 fully saturated rings. The first-order chi connectivity index (χ1) is 13.9. The van der Waals surface area contributed by atoms with Crippen LogP contribution in [0.1, 0.15) is 20.8 Å². The predicted molar refractivity (Wildman–Crippen MR) is 126 cm³/mol. The van der Waals surface area contributed by atoms with Gasteiger partial charge in [0.25, 0.3) is 0 Å². The number of rotatable bonds is 8. The Balaban J connectivity index is 1.85. The van der Waals surface area contributed by atoms with Gasteiger partial charge in [0.15, 0.2) is 0 Å². The van der Waals surface area contributed by atoms with Crippen molar-refractivity contribution in [3.63, 3.8) is 0 Å². The van der Waals surface area contributed by atoms with Gasteiger partial charge in [0.05, 0.1) is 0 Å². The molecule has 0 radical (unpaired) electrons. The van der Waals surface area contributed by atoms with Crippen molar-refractivity contribution in [2.75, 3.05) is 6.61 Å². The average molecular weight is 470 g/mol. The van der Waals surface area contributed by atoms with Crippen molar-refractivity contribution >= 4 is 38.1 Å². The fourth-order valence-electron chi connectivity index (χ4n) is 3.74. The molecular formula is C25H30O2SeSi. The second-order valence-electron chi connectivity index (χ2n) is 8.25. The van der Waals surface area contributed by atoms with Gasteiger partial charge in [-0.2, -0.15) is 0 Å². The Morgan fingerprint density at radius 2 is 1.24 bits per heavy atom. The third-order valence-corrected chi connectivity index (χ3v) is 12.5. The molecule has 2 nitrogen and oxygen atoms in total. The van der Waals surface area contributed by atoms with Crippen LogP contribution < -0.4 is 14.8 Å². The molecule has 0 amide bonds. The normalized spacial score (nSPS) is 13.2. The Morgan fingerprint density at radius 3 is 1.69 bits per heavy atom. The van der Waals surface area contributed by atoms with Gasteiger partial charge in [0.1, 0.15) is 0 Å². The molecule has 0 aliphatic rings. The molecule has 1 N–H and O–H groups in total. The molecule has 1 atom stereocenters. The van der Waals surface area contributed by atoms with Gasteiger partial charge < -0.3 is 0 Å². The molecule has 3 rings (SSSR count). The topological polar surface area (TPSA) is 29.5 Å². The predicted octanol–water partition coefficient (Wildman–Crippen LogP) is 3.37. The third-order valence-electron chi connectivity index (χ3n) is 5.09. The molecular weight excluding hydrogens is 439 g/mol. The zero-order valence-corrected chi connectivity index (χ0v) is 20.1. The van der Waals surface area contributed by atoms with Gasteiger partial charge >= 0.3 is 182 Å². The minimum atomic E-state index is -2.57. The molecule has 3 aromatic rings. The molecule has 0 saturated carbocycles. The van der Waals surface area contributed by atoms with Crippen molar-refractivity contribution in [2.24, 2.45) is 0 Å². The van der Waals surface area contributed by atoms with Crippen LogP contribution in [-0.2, 0) is 4.43 Å². The van der Waals surface area contributed by atoms with Gasteiger partial charge in [-0.3, -0.25) is 0 Å². The van der Waals surface area contributed by atoms with Crippen LogP contribution in [0.5, 0.6) is 0 Å². The minimum absolute atomic E-state index is 0.0694. The molecule has 0 aliphatic heterocycles. The molecule has 152 valence electrons. The monoisotopic (exact) mass is 470 g/mol. The molecule has 3 aromatic carbocycles. The zero-order valence-electron chi connectivity index (χ0n) is 17.4. The van der Waals surface area contributed by atoms with E-state index in [-0.39, 0.29) is 20.0 Å². The van der Waals surface area contributed by atoms with Crippen LogP contribution in [0.2, 0.25) is 10.4 Å². The van der Waals surface area contributed by atoms with Crippen molar-refractivity contribution in [1.82, 2.24) is 0 Å². The second kappa shape index (κ2) is 9.88. The summed E-state index contributed by atoms with van der Waals surface area (Å²) in [6, 6.07) is 31.6. The van der Waals surface area contributed by atoms with E-state index >= 15 is 0 Å². The van der Waals surface area contributed by atoms with E-state index in [1.165, 1.54) is 14.8 Å². The number of aliphatic hydroxyl groups excluding tert-OH is 1. The SMILES string of the molecule is CC(C)(C)[Si](OC[C@@H](O)C[Se]c1ccccc1)(c1ccccc1)c1ccccc1. The zero-order chi connectivity index (χ0) is 20.7. The molecule has 0 bridgehead atoms. The summed E-state index contributed by atoms with van der Waals surface area (Å²) in [6.07, 6.45) is -0.461. The van der Waals surface area contributed by atoms with Crippen molar-refractivity contribution in [2.45, 2.75) is 37.2 Å². The van der Waals surface area contributed by atoms with Crippen molar-refractivity contribution < 1.29 is 9.53 Å². The van der Waals surface area contributed by atoms with Crippen LogP contribution in [0.15, 0.2) is 91.0 Å². The van der Waals surface area contributed by atoms with E-state index in [0.717, 1.165) is 5.32 Å². The van der Waals surface area contributed by atoms with Crippen LogP contribution >= 0.6 is 0 Å². The fourth-order valence-corrected chi connectivity index (χ4v) is 10.1. The Kier molecular flexibility index (Phi) is 7.50. The Bertz CT molecular complexity index is 824. The maximum absolute atomic E-state index is 10.7. The summed E-state index contributed by atoms with van der Waals surface area (Å²) < 4.78 is 8.13. The van der Waals surface area contributed by atoms with E-state index in [2.05, 4.69) is 93.6 Å². The van der Waals surface area contributed by atoms with Crippen molar-refractivity contribution in [3.05, 3.63) is 91.0 Å². The van der Waals surface area contributed by atoms with E-state index in [4.69, 9.17) is 4.43 Å². The molecule has 0 spiro atoms. The number of aliphatic hydroxyl groups is 1. The van der Waals surface area contributed by atoms with E-state index in [9.17, 15) is 5.11 Å². The van der Waals surface area contributed by atoms with E-state index in [1.54, 1.807) is 0 Å². The van der Waals surface area contributed by atoms with Gasteiger partial charge in [-0.1, -0.05) is 0 Å². The van der Waals surface area contributed by atoms with Crippen LogP contribution in [0.4, 0.5) is 0 Å². The standard InChI is InChI=1S/C25H30O2SeSi/c1-25(2,3)29(23-15-9-5-10-16-23,24-17-11-6-12-18-24)27-19-21(26)20-28-22-13-7-4-8-14-22/h4-18,21,26H,19-20H2,1-3H3/t21-/m1/s1. The first-order valence-corrected chi connectivity index (χ1v) is 14.0. The second-order valence-corrected chi connectivity index (χ2v) is 14.9. The Labute approximate surface area is 182 Å². The summed E-state index contributed by atoms with van der Waals surface area (Å²) in [5, 5.41) is 13.9. The van der Waals surface area contributed by atoms with Gasteiger partial charge in [-0.15, -0.1) is 0 Å². The molecule has 0 aromatic heterocycles. The summed E-state index contributed by atoms with van der Waals surface area (Å²) in [7, 11) is -2.57. The van der Waals surface area contributed by atoms with E-state index < -0.39 is 14.4 Å². The summed E-state index contributed by atoms with van der Waals surface area (Å²) in [6.45, 7) is 7.15. The van der Waals surface area contributed by atoms with Crippen LogP contribution in [0.3, 0.4) is 0 Å². The Morgan fingerprint density at radius 1 is 0.793 bits per heavy atom. The molecule has 4 heteroatoms. The molecule has 0 unspecified atom stereocenters. The molecule has 0 saturated heterocycles. The average Bonchev–Trinajstić information content (AvgIpc) is 2.74.